The zero-order valence-corrected chi connectivity index (χ0v) is 22.5. The molecule has 6 nitrogen and oxygen atoms in total. The van der Waals surface area contributed by atoms with Gasteiger partial charge in [-0.25, -0.2) is 10.0 Å². The molecule has 0 aliphatic carbocycles. The average Bonchev–Trinajstić information content (AvgIpc) is 3.26. The van der Waals surface area contributed by atoms with E-state index in [4.69, 9.17) is 9.47 Å². The maximum atomic E-state index is 13.4. The van der Waals surface area contributed by atoms with Gasteiger partial charge in [0.1, 0.15) is 17.1 Å². The van der Waals surface area contributed by atoms with Gasteiger partial charge in [0.05, 0.1) is 26.2 Å². The number of aryl methyl sites for hydroxylation is 1. The summed E-state index contributed by atoms with van der Waals surface area (Å²) in [7, 11) is 0. The second-order valence-corrected chi connectivity index (χ2v) is 11.2. The lowest BCUT2D eigenvalue weighted by atomic mass is 10.2. The summed E-state index contributed by atoms with van der Waals surface area (Å²) in [4.78, 5) is 28.7. The highest BCUT2D eigenvalue weighted by Gasteiger charge is 2.44. The predicted molar refractivity (Wildman–Crippen MR) is 135 cm³/mol. The molecule has 1 fully saturated rings. The van der Waals surface area contributed by atoms with Crippen LogP contribution in [0.5, 0.6) is 11.5 Å². The van der Waals surface area contributed by atoms with Gasteiger partial charge in [0, 0.05) is 13.1 Å². The Morgan fingerprint density at radius 1 is 0.848 bits per heavy atom. The third kappa shape index (κ3) is 5.48. The summed E-state index contributed by atoms with van der Waals surface area (Å²) in [5.41, 5.74) is 1.26. The Bertz CT molecular complexity index is 915. The van der Waals surface area contributed by atoms with Crippen LogP contribution in [0.4, 0.5) is 0 Å². The first kappa shape index (κ1) is 25.8. The molecule has 1 saturated heterocycles. The molecule has 0 bridgehead atoms. The van der Waals surface area contributed by atoms with Crippen molar-refractivity contribution in [2.24, 2.45) is 0 Å². The van der Waals surface area contributed by atoms with Crippen molar-refractivity contribution in [2.45, 2.75) is 96.1 Å². The van der Waals surface area contributed by atoms with Gasteiger partial charge in [-0.05, 0) is 59.1 Å². The number of fused-ring (bicyclic) bond motifs is 1. The van der Waals surface area contributed by atoms with Gasteiger partial charge in [-0.3, -0.25) is 9.59 Å². The number of hydrogen-bond donors (Lipinski definition) is 0. The number of unbranched alkanes of at least 4 members (excludes halogenated alkanes) is 2. The maximum absolute atomic E-state index is 13.4. The van der Waals surface area contributed by atoms with Crippen LogP contribution in [0.3, 0.4) is 0 Å². The van der Waals surface area contributed by atoms with Gasteiger partial charge >= 0.3 is 0 Å². The molecule has 33 heavy (non-hydrogen) atoms. The highest BCUT2D eigenvalue weighted by molar-refractivity contribution is 8.25. The molecule has 0 radical (unpaired) electrons. The van der Waals surface area contributed by atoms with E-state index in [-0.39, 0.29) is 29.6 Å². The molecular formula is C25H36N2O4S2. The number of rotatable bonds is 10. The van der Waals surface area contributed by atoms with E-state index in [0.29, 0.717) is 17.3 Å². The van der Waals surface area contributed by atoms with E-state index in [1.165, 1.54) is 23.5 Å². The van der Waals surface area contributed by atoms with Crippen LogP contribution >= 0.6 is 23.5 Å². The molecule has 0 atom stereocenters. The molecule has 0 spiro atoms. The predicted octanol–water partition coefficient (Wildman–Crippen LogP) is 6.16. The normalized spacial score (nSPS) is 16.0. The average molecular weight is 493 g/mol. The van der Waals surface area contributed by atoms with E-state index in [9.17, 15) is 9.59 Å². The number of hydrogen-bond acceptors (Lipinski definition) is 6. The number of amides is 2. The van der Waals surface area contributed by atoms with E-state index in [2.05, 4.69) is 13.8 Å². The molecule has 182 valence electrons. The van der Waals surface area contributed by atoms with Gasteiger partial charge < -0.3 is 9.47 Å². The first-order valence-electron chi connectivity index (χ1n) is 11.9. The van der Waals surface area contributed by atoms with Crippen molar-refractivity contribution >= 4 is 35.3 Å². The molecule has 2 aliphatic rings. The second kappa shape index (κ2) is 11.1. The molecule has 1 aromatic carbocycles. The second-order valence-electron chi connectivity index (χ2n) is 8.94. The van der Waals surface area contributed by atoms with Crippen LogP contribution in [0.2, 0.25) is 0 Å². The summed E-state index contributed by atoms with van der Waals surface area (Å²) in [6, 6.07) is 2.00. The minimum absolute atomic E-state index is 0.00999. The minimum Gasteiger partial charge on any atom is -0.490 e. The quantitative estimate of drug-likeness (QED) is 0.288. The van der Waals surface area contributed by atoms with Crippen LogP contribution in [0, 0.1) is 6.92 Å². The lowest BCUT2D eigenvalue weighted by Gasteiger charge is -2.27. The maximum Gasteiger partial charge on any atom is 0.279 e. The number of hydrazine groups is 1. The van der Waals surface area contributed by atoms with Crippen LogP contribution in [0.1, 0.15) is 72.8 Å². The van der Waals surface area contributed by atoms with Crippen LogP contribution < -0.4 is 9.47 Å². The number of thioether (sulfide) groups is 2. The van der Waals surface area contributed by atoms with Crippen LogP contribution in [-0.4, -0.2) is 47.1 Å². The zero-order chi connectivity index (χ0) is 24.3. The van der Waals surface area contributed by atoms with E-state index in [1.807, 2.05) is 40.7 Å². The third-order valence-corrected chi connectivity index (χ3v) is 7.90. The third-order valence-electron chi connectivity index (χ3n) is 5.29. The highest BCUT2D eigenvalue weighted by atomic mass is 32.2. The molecular weight excluding hydrogens is 456 g/mol. The smallest absolute Gasteiger partial charge is 0.279 e. The lowest BCUT2D eigenvalue weighted by Crippen LogP contribution is -2.42. The number of carbonyl (C=O) groups is 2. The van der Waals surface area contributed by atoms with E-state index in [0.717, 1.165) is 52.5 Å². The first-order valence-corrected chi connectivity index (χ1v) is 13.6. The summed E-state index contributed by atoms with van der Waals surface area (Å²) >= 11 is 2.91. The van der Waals surface area contributed by atoms with Crippen LogP contribution in [0.15, 0.2) is 25.7 Å². The summed E-state index contributed by atoms with van der Waals surface area (Å²) in [6.45, 7) is 15.3. The molecule has 3 rings (SSSR count). The number of benzene rings is 1. The van der Waals surface area contributed by atoms with Crippen molar-refractivity contribution in [3.05, 3.63) is 21.4 Å². The molecule has 0 aromatic heterocycles. The Kier molecular flexibility index (Phi) is 8.67. The summed E-state index contributed by atoms with van der Waals surface area (Å²) in [5, 5.41) is 3.30. The highest BCUT2D eigenvalue weighted by Crippen LogP contribution is 2.60. The van der Waals surface area contributed by atoms with E-state index in [1.54, 1.807) is 10.0 Å². The van der Waals surface area contributed by atoms with Crippen molar-refractivity contribution < 1.29 is 19.1 Å². The summed E-state index contributed by atoms with van der Waals surface area (Å²) in [5.74, 6) is 1.18. The summed E-state index contributed by atoms with van der Waals surface area (Å²) < 4.78 is 13.0. The molecule has 2 amide bonds. The fraction of sp³-hybridized carbons (Fsp3) is 0.600. The van der Waals surface area contributed by atoms with Gasteiger partial charge in [-0.1, -0.05) is 50.2 Å². The van der Waals surface area contributed by atoms with Gasteiger partial charge in [0.2, 0.25) is 0 Å². The van der Waals surface area contributed by atoms with Crippen molar-refractivity contribution in [2.75, 3.05) is 13.1 Å². The van der Waals surface area contributed by atoms with Crippen molar-refractivity contribution in [3.63, 3.8) is 0 Å². The zero-order valence-electron chi connectivity index (χ0n) is 20.8. The van der Waals surface area contributed by atoms with Crippen molar-refractivity contribution in [1.82, 2.24) is 10.0 Å². The Morgan fingerprint density at radius 3 is 1.85 bits per heavy atom. The number of carbonyl (C=O) groups excluding carboxylic acids is 2. The molecule has 8 heteroatoms. The SMILES string of the molecule is CCCCN1C(=O)C(=C2Sc3c(OC(C)C)cc(C)c(OC(C)C)c3S2)C(=O)N1CCCC. The van der Waals surface area contributed by atoms with Gasteiger partial charge in [-0.2, -0.15) is 0 Å². The number of nitrogens with zero attached hydrogens (tertiary/aromatic N) is 2. The molecule has 1 aromatic rings. The van der Waals surface area contributed by atoms with Crippen molar-refractivity contribution in [1.29, 1.82) is 0 Å². The lowest BCUT2D eigenvalue weighted by molar-refractivity contribution is -0.147. The van der Waals surface area contributed by atoms with Crippen LogP contribution in [0.25, 0.3) is 0 Å². The molecule has 2 heterocycles. The number of ether oxygens (including phenoxy) is 2. The monoisotopic (exact) mass is 492 g/mol. The molecule has 0 unspecified atom stereocenters. The largest absolute Gasteiger partial charge is 0.490 e. The molecule has 0 saturated carbocycles. The first-order chi connectivity index (χ1) is 15.7. The topological polar surface area (TPSA) is 59.1 Å². The van der Waals surface area contributed by atoms with E-state index >= 15 is 0 Å². The Hall–Kier alpha value is -1.80. The van der Waals surface area contributed by atoms with Crippen LogP contribution in [-0.2, 0) is 9.59 Å². The van der Waals surface area contributed by atoms with Crippen molar-refractivity contribution in [3.8, 4) is 11.5 Å². The summed E-state index contributed by atoms with van der Waals surface area (Å²) in [6.07, 6.45) is 3.68. The van der Waals surface area contributed by atoms with Gasteiger partial charge in [0.15, 0.2) is 0 Å². The minimum atomic E-state index is -0.193. The Balaban J connectivity index is 2.05. The Morgan fingerprint density at radius 2 is 1.36 bits per heavy atom. The van der Waals surface area contributed by atoms with E-state index < -0.39 is 0 Å². The van der Waals surface area contributed by atoms with Gasteiger partial charge in [0.25, 0.3) is 11.8 Å². The fourth-order valence-corrected chi connectivity index (χ4v) is 6.48. The molecule has 0 N–H and O–H groups in total. The Labute approximate surface area is 206 Å². The van der Waals surface area contributed by atoms with Gasteiger partial charge in [-0.15, -0.1) is 0 Å². The standard InChI is InChI=1S/C25H36N2O4S2/c1-8-10-12-26-23(28)19(24(29)27(26)13-11-9-2)25-32-21-18(30-15(3)4)14-17(7)20(22(21)33-25)31-16(5)6/h14-16H,8-13H2,1-7H3. The molecule has 2 aliphatic heterocycles. The fourth-order valence-electron chi connectivity index (χ4n) is 3.75.